The van der Waals surface area contributed by atoms with Crippen LogP contribution >= 0.6 is 0 Å². The minimum Gasteiger partial charge on any atom is -0.496 e. The van der Waals surface area contributed by atoms with Crippen LogP contribution in [0.4, 0.5) is 5.69 Å². The van der Waals surface area contributed by atoms with E-state index in [0.717, 1.165) is 34.9 Å². The molecule has 10 nitrogen and oxygen atoms in total. The summed E-state index contributed by atoms with van der Waals surface area (Å²) < 4.78 is 5.37. The van der Waals surface area contributed by atoms with E-state index in [9.17, 15) is 19.2 Å². The van der Waals surface area contributed by atoms with Gasteiger partial charge in [-0.25, -0.2) is 0 Å². The number of methoxy groups -OCH3 is 1. The third kappa shape index (κ3) is 5.20. The lowest BCUT2D eigenvalue weighted by Gasteiger charge is -2.23. The van der Waals surface area contributed by atoms with Gasteiger partial charge in [0, 0.05) is 16.6 Å². The molecule has 6 N–H and O–H groups in total. The second-order valence-electron chi connectivity index (χ2n) is 10.1. The molecule has 3 unspecified atom stereocenters. The van der Waals surface area contributed by atoms with Gasteiger partial charge in [-0.1, -0.05) is 36.6 Å². The summed E-state index contributed by atoms with van der Waals surface area (Å²) in [5, 5.41) is 9.10. The minimum absolute atomic E-state index is 0.0231. The van der Waals surface area contributed by atoms with E-state index in [1.807, 2.05) is 37.3 Å². The Balaban J connectivity index is 1.31. The minimum atomic E-state index is -1.08. The van der Waals surface area contributed by atoms with Crippen LogP contribution < -0.4 is 26.4 Å². The smallest absolute Gasteiger partial charge is 0.268 e. The van der Waals surface area contributed by atoms with Crippen LogP contribution in [0.15, 0.2) is 42.5 Å². The van der Waals surface area contributed by atoms with Gasteiger partial charge in [-0.3, -0.25) is 19.2 Å². The van der Waals surface area contributed by atoms with Crippen molar-refractivity contribution in [2.24, 2.45) is 11.7 Å². The maximum absolute atomic E-state index is 13.4. The average molecular weight is 518 g/mol. The Morgan fingerprint density at radius 1 is 1.08 bits per heavy atom. The standard InChI is InChI=1S/C28H31N5O5/c1-14-6-9-20-16(10-14)17(26(35)31-20)12-21(25(29)34)32-27(36)22(11-15-7-8-15)33-28(37)23-13-18-19(30-23)4-3-5-24(18)38-2/h3-6,9-10,13,15,17,21-22,30H,7-8,11-12H2,1-2H3,(H2,29,34)(H,31,35)(H,32,36)(H,33,37). The van der Waals surface area contributed by atoms with Gasteiger partial charge in [0.25, 0.3) is 5.91 Å². The normalized spacial score (nSPS) is 17.8. The number of benzene rings is 2. The fourth-order valence-electron chi connectivity index (χ4n) is 5.02. The van der Waals surface area contributed by atoms with E-state index in [0.29, 0.717) is 29.5 Å². The molecule has 2 aliphatic rings. The number of aromatic nitrogens is 1. The van der Waals surface area contributed by atoms with Gasteiger partial charge in [0.05, 0.1) is 13.0 Å². The highest BCUT2D eigenvalue weighted by molar-refractivity contribution is 6.04. The molecule has 3 aromatic rings. The van der Waals surface area contributed by atoms with Crippen molar-refractivity contribution in [1.82, 2.24) is 15.6 Å². The molecule has 1 fully saturated rings. The fourth-order valence-corrected chi connectivity index (χ4v) is 5.02. The number of rotatable bonds is 10. The number of amides is 4. The molecule has 2 aromatic carbocycles. The lowest BCUT2D eigenvalue weighted by molar-refractivity contribution is -0.129. The number of carbonyl (C=O) groups excluding carboxylic acids is 4. The molecule has 1 aliphatic carbocycles. The summed E-state index contributed by atoms with van der Waals surface area (Å²) in [5.41, 5.74) is 9.11. The van der Waals surface area contributed by atoms with E-state index in [4.69, 9.17) is 10.5 Å². The predicted molar refractivity (Wildman–Crippen MR) is 142 cm³/mol. The summed E-state index contributed by atoms with van der Waals surface area (Å²) in [7, 11) is 1.56. The van der Waals surface area contributed by atoms with Gasteiger partial charge >= 0.3 is 0 Å². The zero-order valence-electron chi connectivity index (χ0n) is 21.3. The number of fused-ring (bicyclic) bond motifs is 2. The first-order valence-electron chi connectivity index (χ1n) is 12.7. The number of ether oxygens (including phenoxy) is 1. The van der Waals surface area contributed by atoms with Crippen LogP contribution in [0.2, 0.25) is 0 Å². The van der Waals surface area contributed by atoms with Crippen molar-refractivity contribution in [3.63, 3.8) is 0 Å². The van der Waals surface area contributed by atoms with E-state index in [1.165, 1.54) is 0 Å². The van der Waals surface area contributed by atoms with Crippen LogP contribution in [0.3, 0.4) is 0 Å². The molecule has 10 heteroatoms. The van der Waals surface area contributed by atoms with Crippen molar-refractivity contribution in [2.45, 2.75) is 50.6 Å². The molecule has 198 valence electrons. The first-order valence-corrected chi connectivity index (χ1v) is 12.7. The molecule has 2 heterocycles. The van der Waals surface area contributed by atoms with Crippen molar-refractivity contribution in [3.05, 3.63) is 59.3 Å². The molecular formula is C28H31N5O5. The Kier molecular flexibility index (Phi) is 6.79. The molecule has 38 heavy (non-hydrogen) atoms. The molecule has 0 saturated heterocycles. The quantitative estimate of drug-likeness (QED) is 0.279. The first-order chi connectivity index (χ1) is 18.2. The van der Waals surface area contributed by atoms with Crippen molar-refractivity contribution < 1.29 is 23.9 Å². The zero-order chi connectivity index (χ0) is 27.0. The average Bonchev–Trinajstić information content (AvgIpc) is 3.51. The molecule has 1 saturated carbocycles. The SMILES string of the molecule is COc1cccc2[nH]c(C(=O)NC(CC3CC3)C(=O)NC(CC3C(=O)Nc4ccc(C)cc43)C(N)=O)cc12. The molecule has 5 rings (SSSR count). The Morgan fingerprint density at radius 3 is 2.58 bits per heavy atom. The topological polar surface area (TPSA) is 155 Å². The highest BCUT2D eigenvalue weighted by atomic mass is 16.5. The van der Waals surface area contributed by atoms with Gasteiger partial charge in [0.15, 0.2) is 0 Å². The number of hydrogen-bond acceptors (Lipinski definition) is 5. The van der Waals surface area contributed by atoms with Gasteiger partial charge in [-0.15, -0.1) is 0 Å². The van der Waals surface area contributed by atoms with Gasteiger partial charge < -0.3 is 31.4 Å². The number of H-pyrrole nitrogens is 1. The van der Waals surface area contributed by atoms with E-state index in [-0.39, 0.29) is 12.3 Å². The van der Waals surface area contributed by atoms with Crippen LogP contribution in [-0.2, 0) is 14.4 Å². The predicted octanol–water partition coefficient (Wildman–Crippen LogP) is 2.48. The highest BCUT2D eigenvalue weighted by Crippen LogP contribution is 2.36. The Hall–Kier alpha value is -4.34. The third-order valence-corrected chi connectivity index (χ3v) is 7.26. The van der Waals surface area contributed by atoms with Gasteiger partial charge in [-0.05, 0) is 55.5 Å². The Labute approximate surface area is 219 Å². The Bertz CT molecular complexity index is 1430. The van der Waals surface area contributed by atoms with Gasteiger partial charge in [0.2, 0.25) is 17.7 Å². The Morgan fingerprint density at radius 2 is 1.87 bits per heavy atom. The molecule has 0 radical (unpaired) electrons. The number of nitrogens with one attached hydrogen (secondary N) is 4. The van der Waals surface area contributed by atoms with Crippen molar-refractivity contribution in [2.75, 3.05) is 12.4 Å². The van der Waals surface area contributed by atoms with Crippen molar-refractivity contribution in [1.29, 1.82) is 0 Å². The van der Waals surface area contributed by atoms with Gasteiger partial charge in [0.1, 0.15) is 23.5 Å². The molecular weight excluding hydrogens is 486 g/mol. The maximum atomic E-state index is 13.4. The van der Waals surface area contributed by atoms with Crippen molar-refractivity contribution in [3.8, 4) is 5.75 Å². The fraction of sp³-hybridized carbons (Fsp3) is 0.357. The number of primary amides is 1. The number of hydrogen-bond donors (Lipinski definition) is 5. The summed E-state index contributed by atoms with van der Waals surface area (Å²) in [4.78, 5) is 54.5. The van der Waals surface area contributed by atoms with Crippen LogP contribution in [0.1, 0.15) is 53.2 Å². The molecule has 1 aliphatic heterocycles. The van der Waals surface area contributed by atoms with E-state index >= 15 is 0 Å². The summed E-state index contributed by atoms with van der Waals surface area (Å²) in [5.74, 6) is -1.63. The second kappa shape index (κ2) is 10.2. The monoisotopic (exact) mass is 517 g/mol. The van der Waals surface area contributed by atoms with Crippen LogP contribution in [0.25, 0.3) is 10.9 Å². The zero-order valence-corrected chi connectivity index (χ0v) is 21.3. The third-order valence-electron chi connectivity index (χ3n) is 7.26. The molecule has 0 bridgehead atoms. The van der Waals surface area contributed by atoms with Crippen LogP contribution in [-0.4, -0.2) is 47.8 Å². The second-order valence-corrected chi connectivity index (χ2v) is 10.1. The summed E-state index contributed by atoms with van der Waals surface area (Å²) in [6.45, 7) is 1.92. The van der Waals surface area contributed by atoms with Gasteiger partial charge in [-0.2, -0.15) is 0 Å². The molecule has 4 amide bonds. The van der Waals surface area contributed by atoms with Crippen molar-refractivity contribution >= 4 is 40.2 Å². The van der Waals surface area contributed by atoms with Crippen LogP contribution in [0, 0.1) is 12.8 Å². The summed E-state index contributed by atoms with van der Waals surface area (Å²) >= 11 is 0. The molecule has 1 aromatic heterocycles. The first kappa shape index (κ1) is 25.3. The number of aryl methyl sites for hydroxylation is 1. The number of nitrogens with two attached hydrogens (primary N) is 1. The number of carbonyl (C=O) groups is 4. The number of anilines is 1. The molecule has 0 spiro atoms. The largest absolute Gasteiger partial charge is 0.496 e. The van der Waals surface area contributed by atoms with E-state index in [2.05, 4.69) is 20.9 Å². The summed E-state index contributed by atoms with van der Waals surface area (Å²) in [6, 6.07) is 10.8. The highest BCUT2D eigenvalue weighted by Gasteiger charge is 2.37. The maximum Gasteiger partial charge on any atom is 0.268 e. The van der Waals surface area contributed by atoms with E-state index in [1.54, 1.807) is 19.2 Å². The number of aromatic amines is 1. The molecule has 3 atom stereocenters. The lowest BCUT2D eigenvalue weighted by atomic mass is 9.92. The summed E-state index contributed by atoms with van der Waals surface area (Å²) in [6.07, 6.45) is 2.41. The van der Waals surface area contributed by atoms with Crippen LogP contribution in [0.5, 0.6) is 5.75 Å². The van der Waals surface area contributed by atoms with E-state index < -0.39 is 35.7 Å². The lowest BCUT2D eigenvalue weighted by Crippen LogP contribution is -2.53.